The Labute approximate surface area is 135 Å². The standard InChI is InChI=1S/C18H21NO4/c1-12-9-13(20)7-8-15(12)23-17-14-5-3-4-6-16(14)22-11-18(17,21)10-19-2/h3-9,17,19-21H,10-11H2,1-2H3/t17-,18-/m0/s1. The zero-order chi connectivity index (χ0) is 16.4. The molecule has 0 fully saturated rings. The van der Waals surface area contributed by atoms with E-state index in [0.717, 1.165) is 16.9 Å². The van der Waals surface area contributed by atoms with Crippen molar-refractivity contribution >= 4 is 0 Å². The molecule has 2 aromatic rings. The molecule has 122 valence electrons. The van der Waals surface area contributed by atoms with Gasteiger partial charge in [-0.1, -0.05) is 18.2 Å². The van der Waals surface area contributed by atoms with Crippen molar-refractivity contribution in [2.75, 3.05) is 20.2 Å². The number of aromatic hydroxyl groups is 1. The number of hydrogen-bond acceptors (Lipinski definition) is 5. The lowest BCUT2D eigenvalue weighted by Crippen LogP contribution is -2.53. The molecule has 2 aromatic carbocycles. The Kier molecular flexibility index (Phi) is 4.15. The minimum absolute atomic E-state index is 0.145. The summed E-state index contributed by atoms with van der Waals surface area (Å²) in [6.45, 7) is 2.34. The van der Waals surface area contributed by atoms with Gasteiger partial charge in [0.15, 0.2) is 11.7 Å². The second-order valence-electron chi connectivity index (χ2n) is 5.91. The number of phenols is 1. The second-order valence-corrected chi connectivity index (χ2v) is 5.91. The Morgan fingerprint density at radius 2 is 2.09 bits per heavy atom. The van der Waals surface area contributed by atoms with Gasteiger partial charge in [-0.3, -0.25) is 0 Å². The summed E-state index contributed by atoms with van der Waals surface area (Å²) in [5.74, 6) is 1.53. The SMILES string of the molecule is CNC[C@]1(O)COc2ccccc2[C@@H]1Oc1ccc(O)cc1C. The van der Waals surface area contributed by atoms with Crippen LogP contribution in [0.4, 0.5) is 0 Å². The van der Waals surface area contributed by atoms with Gasteiger partial charge in [0.1, 0.15) is 23.9 Å². The van der Waals surface area contributed by atoms with Crippen LogP contribution in [0.5, 0.6) is 17.2 Å². The van der Waals surface area contributed by atoms with E-state index in [-0.39, 0.29) is 12.4 Å². The minimum Gasteiger partial charge on any atom is -0.508 e. The van der Waals surface area contributed by atoms with Crippen molar-refractivity contribution in [3.05, 3.63) is 53.6 Å². The molecule has 0 amide bonds. The van der Waals surface area contributed by atoms with Crippen molar-refractivity contribution in [1.82, 2.24) is 5.32 Å². The average molecular weight is 315 g/mol. The summed E-state index contributed by atoms with van der Waals surface area (Å²) in [4.78, 5) is 0. The van der Waals surface area contributed by atoms with E-state index in [1.807, 2.05) is 31.2 Å². The molecular formula is C18H21NO4. The molecule has 3 rings (SSSR count). The molecule has 0 saturated heterocycles. The summed E-state index contributed by atoms with van der Waals surface area (Å²) < 4.78 is 11.9. The summed E-state index contributed by atoms with van der Waals surface area (Å²) in [5.41, 5.74) is 0.428. The van der Waals surface area contributed by atoms with Gasteiger partial charge in [-0.15, -0.1) is 0 Å². The quantitative estimate of drug-likeness (QED) is 0.806. The lowest BCUT2D eigenvalue weighted by molar-refractivity contribution is -0.101. The van der Waals surface area contributed by atoms with Crippen molar-refractivity contribution in [3.8, 4) is 17.2 Å². The van der Waals surface area contributed by atoms with Crippen LogP contribution in [0.25, 0.3) is 0 Å². The molecule has 0 unspecified atom stereocenters. The third kappa shape index (κ3) is 2.98. The normalized spacial score (nSPS) is 23.0. The zero-order valence-electron chi connectivity index (χ0n) is 13.2. The highest BCUT2D eigenvalue weighted by Gasteiger charge is 2.45. The number of hydrogen-bond donors (Lipinski definition) is 3. The molecule has 0 aromatic heterocycles. The topological polar surface area (TPSA) is 71.0 Å². The highest BCUT2D eigenvalue weighted by molar-refractivity contribution is 5.43. The Bertz CT molecular complexity index is 703. The van der Waals surface area contributed by atoms with Crippen LogP contribution in [-0.2, 0) is 0 Å². The van der Waals surface area contributed by atoms with Gasteiger partial charge in [0, 0.05) is 12.1 Å². The molecule has 1 aliphatic heterocycles. The molecular weight excluding hydrogens is 294 g/mol. The van der Waals surface area contributed by atoms with Crippen molar-refractivity contribution in [3.63, 3.8) is 0 Å². The van der Waals surface area contributed by atoms with Crippen molar-refractivity contribution in [2.24, 2.45) is 0 Å². The van der Waals surface area contributed by atoms with E-state index in [1.54, 1.807) is 25.2 Å². The van der Waals surface area contributed by atoms with E-state index in [1.165, 1.54) is 0 Å². The molecule has 5 nitrogen and oxygen atoms in total. The van der Waals surface area contributed by atoms with Crippen molar-refractivity contribution in [1.29, 1.82) is 0 Å². The molecule has 0 radical (unpaired) electrons. The number of nitrogens with one attached hydrogen (secondary N) is 1. The number of fused-ring (bicyclic) bond motifs is 1. The molecule has 23 heavy (non-hydrogen) atoms. The summed E-state index contributed by atoms with van der Waals surface area (Å²) in [6, 6.07) is 12.5. The molecule has 0 bridgehead atoms. The number of phenolic OH excluding ortho intramolecular Hbond substituents is 1. The van der Waals surface area contributed by atoms with E-state index < -0.39 is 11.7 Å². The maximum Gasteiger partial charge on any atom is 0.160 e. The van der Waals surface area contributed by atoms with Crippen LogP contribution in [0.3, 0.4) is 0 Å². The summed E-state index contributed by atoms with van der Waals surface area (Å²) in [6.07, 6.45) is -0.567. The molecule has 2 atom stereocenters. The average Bonchev–Trinajstić information content (AvgIpc) is 2.52. The first-order chi connectivity index (χ1) is 11.0. The summed E-state index contributed by atoms with van der Waals surface area (Å²) in [5, 5.41) is 23.6. The Morgan fingerprint density at radius 3 is 2.83 bits per heavy atom. The van der Waals surface area contributed by atoms with Crippen LogP contribution < -0.4 is 14.8 Å². The fourth-order valence-electron chi connectivity index (χ4n) is 2.91. The smallest absolute Gasteiger partial charge is 0.160 e. The monoisotopic (exact) mass is 315 g/mol. The van der Waals surface area contributed by atoms with Gasteiger partial charge < -0.3 is 25.0 Å². The van der Waals surface area contributed by atoms with E-state index >= 15 is 0 Å². The van der Waals surface area contributed by atoms with Crippen molar-refractivity contribution < 1.29 is 19.7 Å². The number of likely N-dealkylation sites (N-methyl/N-ethyl adjacent to an activating group) is 1. The predicted octanol–water partition coefficient (Wildman–Crippen LogP) is 2.16. The van der Waals surface area contributed by atoms with Crippen molar-refractivity contribution in [2.45, 2.75) is 18.6 Å². The maximum atomic E-state index is 11.0. The third-order valence-electron chi connectivity index (χ3n) is 4.05. The second kappa shape index (κ2) is 6.10. The van der Waals surface area contributed by atoms with Crippen LogP contribution in [0.15, 0.2) is 42.5 Å². The Balaban J connectivity index is 2.00. The lowest BCUT2D eigenvalue weighted by atomic mass is 9.88. The fourth-order valence-corrected chi connectivity index (χ4v) is 2.91. The number of benzene rings is 2. The Hall–Kier alpha value is -2.24. The van der Waals surface area contributed by atoms with Gasteiger partial charge in [-0.2, -0.15) is 0 Å². The molecule has 0 aliphatic carbocycles. The van der Waals surface area contributed by atoms with E-state index in [4.69, 9.17) is 9.47 Å². The highest BCUT2D eigenvalue weighted by Crippen LogP contribution is 2.41. The number of ether oxygens (including phenoxy) is 2. The van der Waals surface area contributed by atoms with Crippen LogP contribution in [0, 0.1) is 6.92 Å². The summed E-state index contributed by atoms with van der Waals surface area (Å²) in [7, 11) is 1.78. The lowest BCUT2D eigenvalue weighted by Gasteiger charge is -2.40. The maximum absolute atomic E-state index is 11.0. The molecule has 1 heterocycles. The van der Waals surface area contributed by atoms with Gasteiger partial charge in [-0.25, -0.2) is 0 Å². The number of aryl methyl sites for hydroxylation is 1. The fraction of sp³-hybridized carbons (Fsp3) is 0.333. The van der Waals surface area contributed by atoms with E-state index in [2.05, 4.69) is 5.32 Å². The Morgan fingerprint density at radius 1 is 1.30 bits per heavy atom. The first kappa shape index (κ1) is 15.6. The van der Waals surface area contributed by atoms with Gasteiger partial charge in [0.2, 0.25) is 0 Å². The molecule has 1 aliphatic rings. The molecule has 0 spiro atoms. The predicted molar refractivity (Wildman–Crippen MR) is 87.0 cm³/mol. The third-order valence-corrected chi connectivity index (χ3v) is 4.05. The number of rotatable bonds is 4. The summed E-state index contributed by atoms with van der Waals surface area (Å²) >= 11 is 0. The van der Waals surface area contributed by atoms with E-state index in [0.29, 0.717) is 12.3 Å². The van der Waals surface area contributed by atoms with E-state index in [9.17, 15) is 10.2 Å². The van der Waals surface area contributed by atoms with Gasteiger partial charge in [0.05, 0.1) is 0 Å². The molecule has 3 N–H and O–H groups in total. The van der Waals surface area contributed by atoms with Gasteiger partial charge >= 0.3 is 0 Å². The first-order valence-corrected chi connectivity index (χ1v) is 7.58. The zero-order valence-corrected chi connectivity index (χ0v) is 13.2. The first-order valence-electron chi connectivity index (χ1n) is 7.58. The van der Waals surface area contributed by atoms with Crippen LogP contribution in [0.2, 0.25) is 0 Å². The van der Waals surface area contributed by atoms with Crippen LogP contribution >= 0.6 is 0 Å². The number of para-hydroxylation sites is 1. The largest absolute Gasteiger partial charge is 0.508 e. The van der Waals surface area contributed by atoms with Gasteiger partial charge in [-0.05, 0) is 43.8 Å². The highest BCUT2D eigenvalue weighted by atomic mass is 16.5. The molecule has 0 saturated carbocycles. The minimum atomic E-state index is -1.19. The number of aliphatic hydroxyl groups is 1. The van der Waals surface area contributed by atoms with Crippen LogP contribution in [0.1, 0.15) is 17.2 Å². The van der Waals surface area contributed by atoms with Crippen LogP contribution in [-0.4, -0.2) is 36.0 Å². The molecule has 5 heteroatoms. The van der Waals surface area contributed by atoms with Gasteiger partial charge in [0.25, 0.3) is 0 Å².